The van der Waals surface area contributed by atoms with Gasteiger partial charge >= 0.3 is 6.03 Å². The number of amides is 2. The second-order valence-corrected chi connectivity index (χ2v) is 7.36. The Bertz CT molecular complexity index is 604. The molecule has 5 nitrogen and oxygen atoms in total. The summed E-state index contributed by atoms with van der Waals surface area (Å²) >= 11 is 0. The smallest absolute Gasteiger partial charge is 0.315 e. The molecule has 2 amide bonds. The monoisotopic (exact) mass is 332 g/mol. The number of rotatable bonds is 4. The number of fused-ring (bicyclic) bond motifs is 1. The van der Waals surface area contributed by atoms with E-state index in [0.717, 1.165) is 49.8 Å². The summed E-state index contributed by atoms with van der Waals surface area (Å²) in [5, 5.41) is 16.3. The SMILES string of the molecule is COc1cccc2c1CCC2NC(=O)NCC1(C)CCCCC1O. The van der Waals surface area contributed by atoms with E-state index in [1.807, 2.05) is 12.1 Å². The third-order valence-electron chi connectivity index (χ3n) is 5.69. The van der Waals surface area contributed by atoms with Crippen molar-refractivity contribution in [2.75, 3.05) is 13.7 Å². The lowest BCUT2D eigenvalue weighted by molar-refractivity contribution is 0.00305. The minimum Gasteiger partial charge on any atom is -0.496 e. The van der Waals surface area contributed by atoms with Crippen LogP contribution >= 0.6 is 0 Å². The van der Waals surface area contributed by atoms with Crippen molar-refractivity contribution in [2.24, 2.45) is 5.41 Å². The normalized spacial score (nSPS) is 29.0. The number of carbonyl (C=O) groups excluding carboxylic acids is 1. The first kappa shape index (κ1) is 17.1. The van der Waals surface area contributed by atoms with Crippen molar-refractivity contribution in [1.29, 1.82) is 0 Å². The molecule has 1 fully saturated rings. The number of nitrogens with one attached hydrogen (secondary N) is 2. The maximum atomic E-state index is 12.3. The van der Waals surface area contributed by atoms with E-state index >= 15 is 0 Å². The van der Waals surface area contributed by atoms with Gasteiger partial charge in [0, 0.05) is 12.0 Å². The van der Waals surface area contributed by atoms with E-state index in [1.54, 1.807) is 7.11 Å². The van der Waals surface area contributed by atoms with Crippen LogP contribution in [0, 0.1) is 5.41 Å². The van der Waals surface area contributed by atoms with Gasteiger partial charge in [0.2, 0.25) is 0 Å². The lowest BCUT2D eigenvalue weighted by atomic mass is 9.73. The van der Waals surface area contributed by atoms with Gasteiger partial charge in [-0.05, 0) is 42.9 Å². The van der Waals surface area contributed by atoms with Gasteiger partial charge in [0.1, 0.15) is 5.75 Å². The first-order chi connectivity index (χ1) is 11.5. The van der Waals surface area contributed by atoms with E-state index in [-0.39, 0.29) is 23.6 Å². The Kier molecular flexibility index (Phi) is 4.99. The Balaban J connectivity index is 1.57. The van der Waals surface area contributed by atoms with Gasteiger partial charge in [-0.3, -0.25) is 0 Å². The predicted molar refractivity (Wildman–Crippen MR) is 93.2 cm³/mol. The van der Waals surface area contributed by atoms with Crippen molar-refractivity contribution in [2.45, 2.75) is 57.6 Å². The van der Waals surface area contributed by atoms with Gasteiger partial charge < -0.3 is 20.5 Å². The van der Waals surface area contributed by atoms with Crippen LogP contribution in [0.3, 0.4) is 0 Å². The molecule has 0 aromatic heterocycles. The van der Waals surface area contributed by atoms with Gasteiger partial charge in [-0.2, -0.15) is 0 Å². The van der Waals surface area contributed by atoms with Crippen molar-refractivity contribution in [3.05, 3.63) is 29.3 Å². The van der Waals surface area contributed by atoms with Gasteiger partial charge in [0.25, 0.3) is 0 Å². The molecule has 0 saturated heterocycles. The zero-order valence-corrected chi connectivity index (χ0v) is 14.6. The molecule has 1 aromatic rings. The van der Waals surface area contributed by atoms with E-state index in [9.17, 15) is 9.90 Å². The summed E-state index contributed by atoms with van der Waals surface area (Å²) in [7, 11) is 1.68. The lowest BCUT2D eigenvalue weighted by Gasteiger charge is -2.38. The number of aliphatic hydroxyl groups excluding tert-OH is 1. The fourth-order valence-electron chi connectivity index (χ4n) is 4.04. The summed E-state index contributed by atoms with van der Waals surface area (Å²) in [6.07, 6.45) is 5.45. The number of aliphatic hydroxyl groups is 1. The lowest BCUT2D eigenvalue weighted by Crippen LogP contribution is -2.48. The maximum Gasteiger partial charge on any atom is 0.315 e. The minimum absolute atomic E-state index is 0.0270. The average molecular weight is 332 g/mol. The molecule has 24 heavy (non-hydrogen) atoms. The van der Waals surface area contributed by atoms with Crippen LogP contribution in [0.25, 0.3) is 0 Å². The van der Waals surface area contributed by atoms with E-state index in [4.69, 9.17) is 4.74 Å². The molecule has 0 heterocycles. The molecule has 1 saturated carbocycles. The number of urea groups is 1. The summed E-state index contributed by atoms with van der Waals surface area (Å²) in [6.45, 7) is 2.57. The molecule has 0 spiro atoms. The molecule has 1 aromatic carbocycles. The Labute approximate surface area is 143 Å². The van der Waals surface area contributed by atoms with Crippen molar-refractivity contribution in [1.82, 2.24) is 10.6 Å². The van der Waals surface area contributed by atoms with Crippen molar-refractivity contribution < 1.29 is 14.6 Å². The Hall–Kier alpha value is -1.75. The zero-order chi connectivity index (χ0) is 17.2. The number of hydrogen-bond acceptors (Lipinski definition) is 3. The van der Waals surface area contributed by atoms with Crippen molar-refractivity contribution >= 4 is 6.03 Å². The van der Waals surface area contributed by atoms with Crippen molar-refractivity contribution in [3.8, 4) is 5.75 Å². The van der Waals surface area contributed by atoms with Crippen molar-refractivity contribution in [3.63, 3.8) is 0 Å². The van der Waals surface area contributed by atoms with E-state index < -0.39 is 0 Å². The highest BCUT2D eigenvalue weighted by atomic mass is 16.5. The summed E-state index contributed by atoms with van der Waals surface area (Å²) in [6, 6.07) is 5.86. The second kappa shape index (κ2) is 7.01. The van der Waals surface area contributed by atoms with E-state index in [1.165, 1.54) is 5.56 Å². The van der Waals surface area contributed by atoms with Crippen LogP contribution in [0.2, 0.25) is 0 Å². The molecule has 3 rings (SSSR count). The molecular formula is C19H28N2O3. The van der Waals surface area contributed by atoms with Crippen LogP contribution in [0.1, 0.15) is 56.2 Å². The third kappa shape index (κ3) is 3.36. The van der Waals surface area contributed by atoms with Crippen LogP contribution in [-0.2, 0) is 6.42 Å². The van der Waals surface area contributed by atoms with Crippen LogP contribution in [0.5, 0.6) is 5.75 Å². The summed E-state index contributed by atoms with van der Waals surface area (Å²) in [5.74, 6) is 0.898. The molecule has 0 radical (unpaired) electrons. The zero-order valence-electron chi connectivity index (χ0n) is 14.6. The molecule has 3 atom stereocenters. The Morgan fingerprint density at radius 1 is 1.38 bits per heavy atom. The molecular weight excluding hydrogens is 304 g/mol. The second-order valence-electron chi connectivity index (χ2n) is 7.36. The van der Waals surface area contributed by atoms with E-state index in [0.29, 0.717) is 6.54 Å². The van der Waals surface area contributed by atoms with E-state index in [2.05, 4.69) is 23.6 Å². The topological polar surface area (TPSA) is 70.6 Å². The quantitative estimate of drug-likeness (QED) is 0.794. The fourth-order valence-corrected chi connectivity index (χ4v) is 4.04. The molecule has 0 aliphatic heterocycles. The van der Waals surface area contributed by atoms with Gasteiger partial charge in [0.15, 0.2) is 0 Å². The van der Waals surface area contributed by atoms with Gasteiger partial charge in [-0.25, -0.2) is 4.79 Å². The number of hydrogen-bond donors (Lipinski definition) is 3. The predicted octanol–water partition coefficient (Wildman–Crippen LogP) is 2.92. The highest BCUT2D eigenvalue weighted by Gasteiger charge is 2.36. The summed E-state index contributed by atoms with van der Waals surface area (Å²) < 4.78 is 5.41. The largest absolute Gasteiger partial charge is 0.496 e. The van der Waals surface area contributed by atoms with Gasteiger partial charge in [-0.15, -0.1) is 0 Å². The third-order valence-corrected chi connectivity index (χ3v) is 5.69. The molecule has 2 aliphatic carbocycles. The summed E-state index contributed by atoms with van der Waals surface area (Å²) in [4.78, 5) is 12.3. The maximum absolute atomic E-state index is 12.3. The fraction of sp³-hybridized carbons (Fsp3) is 0.632. The number of methoxy groups -OCH3 is 1. The molecule has 2 aliphatic rings. The van der Waals surface area contributed by atoms with Crippen LogP contribution in [0.15, 0.2) is 18.2 Å². The summed E-state index contributed by atoms with van der Waals surface area (Å²) in [5.41, 5.74) is 2.13. The first-order valence-corrected chi connectivity index (χ1v) is 8.92. The number of carbonyl (C=O) groups is 1. The molecule has 5 heteroatoms. The highest BCUT2D eigenvalue weighted by Crippen LogP contribution is 2.37. The Morgan fingerprint density at radius 2 is 2.21 bits per heavy atom. The van der Waals surface area contributed by atoms with Gasteiger partial charge in [-0.1, -0.05) is 31.9 Å². The molecule has 3 N–H and O–H groups in total. The number of ether oxygens (including phenoxy) is 1. The van der Waals surface area contributed by atoms with Crippen LogP contribution < -0.4 is 15.4 Å². The standard InChI is InChI=1S/C19H28N2O3/c1-19(11-4-3-8-17(19)22)12-20-18(23)21-15-10-9-14-13(15)6-5-7-16(14)24-2/h5-7,15,17,22H,3-4,8-12H2,1-2H3,(H2,20,21,23). The highest BCUT2D eigenvalue weighted by molar-refractivity contribution is 5.74. The van der Waals surface area contributed by atoms with Crippen LogP contribution in [0.4, 0.5) is 4.79 Å². The first-order valence-electron chi connectivity index (χ1n) is 8.92. The van der Waals surface area contributed by atoms with Crippen LogP contribution in [-0.4, -0.2) is 30.9 Å². The molecule has 132 valence electrons. The Morgan fingerprint density at radius 3 is 2.96 bits per heavy atom. The molecule has 3 unspecified atom stereocenters. The van der Waals surface area contributed by atoms with Gasteiger partial charge in [0.05, 0.1) is 19.3 Å². The average Bonchev–Trinajstić information content (AvgIpc) is 2.99. The number of benzene rings is 1. The molecule has 0 bridgehead atoms. The minimum atomic E-state index is -0.331.